The molecule has 100 valence electrons. The smallest absolute Gasteiger partial charge is 0.269 e. The van der Waals surface area contributed by atoms with E-state index >= 15 is 0 Å². The Morgan fingerprint density at radius 2 is 2.00 bits per heavy atom. The number of nitrogens with two attached hydrogens (primary N) is 1. The van der Waals surface area contributed by atoms with E-state index < -0.39 is 4.92 Å². The molecular weight excluding hydrogens is 244 g/mol. The molecule has 2 aromatic rings. The molecule has 2 rings (SSSR count). The van der Waals surface area contributed by atoms with Gasteiger partial charge in [-0.25, -0.2) is 0 Å². The van der Waals surface area contributed by atoms with Crippen molar-refractivity contribution in [3.8, 4) is 0 Å². The van der Waals surface area contributed by atoms with Crippen LogP contribution in [0.1, 0.15) is 29.9 Å². The molecule has 5 nitrogen and oxygen atoms in total. The summed E-state index contributed by atoms with van der Waals surface area (Å²) >= 11 is 0. The monoisotopic (exact) mass is 260 g/mol. The van der Waals surface area contributed by atoms with E-state index in [9.17, 15) is 10.1 Å². The van der Waals surface area contributed by atoms with Crippen LogP contribution in [0.4, 0.5) is 5.69 Å². The van der Waals surface area contributed by atoms with Crippen LogP contribution in [0, 0.1) is 10.1 Å². The molecule has 2 N–H and O–H groups in total. The first kappa shape index (κ1) is 13.3. The second-order valence-corrected chi connectivity index (χ2v) is 4.39. The molecule has 0 aliphatic rings. The molecule has 0 saturated carbocycles. The molecule has 0 aliphatic carbocycles. The van der Waals surface area contributed by atoms with Gasteiger partial charge in [0, 0.05) is 30.2 Å². The predicted octanol–water partition coefficient (Wildman–Crippen LogP) is 2.99. The standard InChI is InChI=1S/C14H16N2O3/c1-2-14-12(7-8-19-14)13(15)9-10-3-5-11(6-4-10)16(17)18/h3-8,13H,2,9,15H2,1H3. The number of hydrogen-bond acceptors (Lipinski definition) is 4. The van der Waals surface area contributed by atoms with Gasteiger partial charge >= 0.3 is 0 Å². The molecule has 1 unspecified atom stereocenters. The second kappa shape index (κ2) is 5.67. The van der Waals surface area contributed by atoms with Gasteiger partial charge in [0.15, 0.2) is 0 Å². The second-order valence-electron chi connectivity index (χ2n) is 4.39. The van der Waals surface area contributed by atoms with E-state index in [0.29, 0.717) is 6.42 Å². The summed E-state index contributed by atoms with van der Waals surface area (Å²) in [7, 11) is 0. The highest BCUT2D eigenvalue weighted by molar-refractivity contribution is 5.34. The van der Waals surface area contributed by atoms with Crippen LogP contribution >= 0.6 is 0 Å². The Morgan fingerprint density at radius 1 is 1.32 bits per heavy atom. The zero-order chi connectivity index (χ0) is 13.8. The molecule has 1 aromatic carbocycles. The first-order valence-corrected chi connectivity index (χ1v) is 6.17. The molecule has 19 heavy (non-hydrogen) atoms. The van der Waals surface area contributed by atoms with Gasteiger partial charge in [0.05, 0.1) is 11.2 Å². The Hall–Kier alpha value is -2.14. The van der Waals surface area contributed by atoms with E-state index in [1.807, 2.05) is 13.0 Å². The maximum Gasteiger partial charge on any atom is 0.269 e. The van der Waals surface area contributed by atoms with E-state index in [4.69, 9.17) is 10.2 Å². The highest BCUT2D eigenvalue weighted by Crippen LogP contribution is 2.22. The lowest BCUT2D eigenvalue weighted by Crippen LogP contribution is -2.14. The molecule has 0 amide bonds. The number of hydrogen-bond donors (Lipinski definition) is 1. The van der Waals surface area contributed by atoms with E-state index in [1.54, 1.807) is 18.4 Å². The molecule has 0 aliphatic heterocycles. The minimum absolute atomic E-state index is 0.0925. The maximum atomic E-state index is 10.6. The first-order chi connectivity index (χ1) is 9.11. The van der Waals surface area contributed by atoms with E-state index in [2.05, 4.69) is 0 Å². The van der Waals surface area contributed by atoms with Crippen LogP contribution in [-0.2, 0) is 12.8 Å². The molecule has 0 fully saturated rings. The molecule has 0 bridgehead atoms. The Labute approximate surface area is 111 Å². The quantitative estimate of drug-likeness (QED) is 0.661. The lowest BCUT2D eigenvalue weighted by atomic mass is 9.99. The average Bonchev–Trinajstić information content (AvgIpc) is 2.87. The fourth-order valence-electron chi connectivity index (χ4n) is 2.09. The molecule has 1 heterocycles. The van der Waals surface area contributed by atoms with Gasteiger partial charge < -0.3 is 10.2 Å². The summed E-state index contributed by atoms with van der Waals surface area (Å²) in [5, 5.41) is 10.6. The third kappa shape index (κ3) is 3.00. The normalized spacial score (nSPS) is 12.3. The van der Waals surface area contributed by atoms with Crippen LogP contribution in [0.25, 0.3) is 0 Å². The number of nitrogens with zero attached hydrogens (tertiary/aromatic N) is 1. The predicted molar refractivity (Wildman–Crippen MR) is 71.8 cm³/mol. The number of rotatable bonds is 5. The topological polar surface area (TPSA) is 82.3 Å². The molecular formula is C14H16N2O3. The van der Waals surface area contributed by atoms with Crippen molar-refractivity contribution < 1.29 is 9.34 Å². The lowest BCUT2D eigenvalue weighted by Gasteiger charge is -2.11. The van der Waals surface area contributed by atoms with Crippen molar-refractivity contribution in [2.24, 2.45) is 5.73 Å². The van der Waals surface area contributed by atoms with E-state index in [0.717, 1.165) is 23.3 Å². The Balaban J connectivity index is 2.10. The van der Waals surface area contributed by atoms with Gasteiger partial charge in [0.25, 0.3) is 5.69 Å². The molecule has 0 radical (unpaired) electrons. The van der Waals surface area contributed by atoms with Gasteiger partial charge in [-0.3, -0.25) is 10.1 Å². The lowest BCUT2D eigenvalue weighted by molar-refractivity contribution is -0.384. The number of non-ortho nitro benzene ring substituents is 1. The summed E-state index contributed by atoms with van der Waals surface area (Å²) in [6.07, 6.45) is 3.07. The molecule has 5 heteroatoms. The number of aryl methyl sites for hydroxylation is 1. The molecule has 0 saturated heterocycles. The summed E-state index contributed by atoms with van der Waals surface area (Å²) < 4.78 is 5.35. The average molecular weight is 260 g/mol. The largest absolute Gasteiger partial charge is 0.469 e. The molecule has 1 atom stereocenters. The third-order valence-corrected chi connectivity index (χ3v) is 3.10. The highest BCUT2D eigenvalue weighted by atomic mass is 16.6. The zero-order valence-corrected chi connectivity index (χ0v) is 10.7. The van der Waals surface area contributed by atoms with Crippen LogP contribution in [0.2, 0.25) is 0 Å². The van der Waals surface area contributed by atoms with Crippen molar-refractivity contribution in [1.29, 1.82) is 0 Å². The Morgan fingerprint density at radius 3 is 2.58 bits per heavy atom. The van der Waals surface area contributed by atoms with Crippen LogP contribution in [0.5, 0.6) is 0 Å². The maximum absolute atomic E-state index is 10.6. The van der Waals surface area contributed by atoms with Gasteiger partial charge in [0.2, 0.25) is 0 Å². The van der Waals surface area contributed by atoms with Crippen LogP contribution in [-0.4, -0.2) is 4.92 Å². The summed E-state index contributed by atoms with van der Waals surface area (Å²) in [6, 6.07) is 8.20. The van der Waals surface area contributed by atoms with Crippen LogP contribution in [0.15, 0.2) is 41.0 Å². The summed E-state index contributed by atoms with van der Waals surface area (Å²) in [4.78, 5) is 10.2. The zero-order valence-electron chi connectivity index (χ0n) is 10.7. The van der Waals surface area contributed by atoms with Crippen molar-refractivity contribution >= 4 is 5.69 Å². The van der Waals surface area contributed by atoms with Gasteiger partial charge in [-0.1, -0.05) is 19.1 Å². The van der Waals surface area contributed by atoms with Gasteiger partial charge in [-0.2, -0.15) is 0 Å². The minimum Gasteiger partial charge on any atom is -0.469 e. The highest BCUT2D eigenvalue weighted by Gasteiger charge is 2.14. The number of furan rings is 1. The van der Waals surface area contributed by atoms with Gasteiger partial charge in [-0.05, 0) is 18.1 Å². The van der Waals surface area contributed by atoms with Crippen molar-refractivity contribution in [1.82, 2.24) is 0 Å². The van der Waals surface area contributed by atoms with Crippen LogP contribution in [0.3, 0.4) is 0 Å². The Bertz CT molecular complexity index is 560. The number of nitro benzene ring substituents is 1. The third-order valence-electron chi connectivity index (χ3n) is 3.10. The van der Waals surface area contributed by atoms with Gasteiger partial charge in [-0.15, -0.1) is 0 Å². The fraction of sp³-hybridized carbons (Fsp3) is 0.286. The van der Waals surface area contributed by atoms with Crippen molar-refractivity contribution in [2.45, 2.75) is 25.8 Å². The minimum atomic E-state index is -0.408. The number of benzene rings is 1. The fourth-order valence-corrected chi connectivity index (χ4v) is 2.09. The summed E-state index contributed by atoms with van der Waals surface area (Å²) in [6.45, 7) is 2.01. The van der Waals surface area contributed by atoms with Crippen molar-refractivity contribution in [3.63, 3.8) is 0 Å². The van der Waals surface area contributed by atoms with Crippen LogP contribution < -0.4 is 5.73 Å². The summed E-state index contributed by atoms with van der Waals surface area (Å²) in [5.41, 5.74) is 8.22. The van der Waals surface area contributed by atoms with E-state index in [1.165, 1.54) is 12.1 Å². The van der Waals surface area contributed by atoms with Crippen molar-refractivity contribution in [3.05, 3.63) is 63.6 Å². The van der Waals surface area contributed by atoms with E-state index in [-0.39, 0.29) is 11.7 Å². The Kier molecular flexibility index (Phi) is 3.97. The molecule has 1 aromatic heterocycles. The molecule has 0 spiro atoms. The van der Waals surface area contributed by atoms with Gasteiger partial charge in [0.1, 0.15) is 5.76 Å². The SMILES string of the molecule is CCc1occc1C(N)Cc1ccc([N+](=O)[O-])cc1. The summed E-state index contributed by atoms with van der Waals surface area (Å²) in [5.74, 6) is 0.898. The number of nitro groups is 1. The van der Waals surface area contributed by atoms with Crippen molar-refractivity contribution in [2.75, 3.05) is 0 Å². The first-order valence-electron chi connectivity index (χ1n) is 6.17.